The standard InChI is InChI=1S/C4H7N5OS.C2H4ClNO.C2H5N5.C2H4N4S/c1-9-4(6-7-8-9)11-2-3(5)10;3-1-2(4)5;1-7-2(3)4-5-6-7;1-6-2(7)3-4-5-6/h2H2,1H3,(H2,5,10);1H2,(H2,4,5);1H3,(H2,3,4,6);1H3,(H,3,5,7). The van der Waals surface area contributed by atoms with Crippen molar-refractivity contribution in [2.24, 2.45) is 32.6 Å². The third kappa shape index (κ3) is 12.3. The van der Waals surface area contributed by atoms with E-state index in [1.165, 1.54) is 21.1 Å². The van der Waals surface area contributed by atoms with E-state index in [4.69, 9.17) is 23.1 Å². The number of amides is 2. The van der Waals surface area contributed by atoms with Crippen LogP contribution in [0.3, 0.4) is 0 Å². The number of nitrogens with one attached hydrogen (secondary N) is 1. The van der Waals surface area contributed by atoms with Crippen molar-refractivity contribution in [3.63, 3.8) is 0 Å². The lowest BCUT2D eigenvalue weighted by Crippen LogP contribution is -2.13. The van der Waals surface area contributed by atoms with E-state index >= 15 is 0 Å². The van der Waals surface area contributed by atoms with E-state index in [-0.39, 0.29) is 17.5 Å². The molecule has 17 nitrogen and oxygen atoms in total. The Balaban J connectivity index is 0.000000391. The first-order valence-electron chi connectivity index (χ1n) is 7.48. The van der Waals surface area contributed by atoms with E-state index in [1.807, 2.05) is 0 Å². The third-order valence-electron chi connectivity index (χ3n) is 2.33. The van der Waals surface area contributed by atoms with Gasteiger partial charge in [-0.15, -0.1) is 16.7 Å². The second-order valence-electron chi connectivity index (χ2n) is 4.74. The second-order valence-corrected chi connectivity index (χ2v) is 6.32. The number of aromatic amines is 1. The molecule has 0 radical (unpaired) electrons. The highest BCUT2D eigenvalue weighted by Gasteiger charge is 2.03. The highest BCUT2D eigenvalue weighted by molar-refractivity contribution is 7.99. The SMILES string of the molecule is Cn1[nH]nnc1=S.Cn1nnnc1N.Cn1nnnc1SCC(N)=O.NC(=O)CCl. The van der Waals surface area contributed by atoms with Crippen LogP contribution >= 0.6 is 35.6 Å². The molecule has 0 aliphatic heterocycles. The minimum atomic E-state index is -0.480. The average molecular weight is 482 g/mol. The van der Waals surface area contributed by atoms with Crippen molar-refractivity contribution >= 4 is 53.3 Å². The molecule has 7 N–H and O–H groups in total. The zero-order valence-electron chi connectivity index (χ0n) is 16.1. The van der Waals surface area contributed by atoms with Crippen molar-refractivity contribution in [3.05, 3.63) is 4.77 Å². The highest BCUT2D eigenvalue weighted by Crippen LogP contribution is 2.10. The number of tetrazole rings is 3. The molecule has 0 aromatic carbocycles. The van der Waals surface area contributed by atoms with Gasteiger partial charge in [0, 0.05) is 21.1 Å². The fourth-order valence-corrected chi connectivity index (χ4v) is 1.63. The predicted octanol–water partition coefficient (Wildman–Crippen LogP) is -2.84. The molecular weight excluding hydrogens is 462 g/mol. The Morgan fingerprint density at radius 2 is 1.63 bits per heavy atom. The largest absolute Gasteiger partial charge is 0.369 e. The number of nitrogens with two attached hydrogens (primary N) is 3. The molecule has 0 spiro atoms. The number of aromatic nitrogens is 12. The highest BCUT2D eigenvalue weighted by atomic mass is 35.5. The van der Waals surface area contributed by atoms with E-state index in [2.05, 4.69) is 64.5 Å². The Morgan fingerprint density at radius 3 is 1.87 bits per heavy atom. The number of halogens is 1. The van der Waals surface area contributed by atoms with Crippen molar-refractivity contribution in [1.29, 1.82) is 0 Å². The molecule has 2 amide bonds. The lowest BCUT2D eigenvalue weighted by Gasteiger charge is -1.93. The van der Waals surface area contributed by atoms with Gasteiger partial charge in [-0.1, -0.05) is 27.2 Å². The normalized spacial score (nSPS) is 9.20. The number of hydrogen-bond donors (Lipinski definition) is 4. The van der Waals surface area contributed by atoms with Gasteiger partial charge in [-0.3, -0.25) is 9.59 Å². The minimum Gasteiger partial charge on any atom is -0.369 e. The van der Waals surface area contributed by atoms with E-state index in [1.54, 1.807) is 25.8 Å². The maximum absolute atomic E-state index is 10.3. The predicted molar refractivity (Wildman–Crippen MR) is 108 cm³/mol. The van der Waals surface area contributed by atoms with Gasteiger partial charge in [0.1, 0.15) is 5.88 Å². The van der Waals surface area contributed by atoms with Crippen LogP contribution in [0.2, 0.25) is 0 Å². The van der Waals surface area contributed by atoms with Gasteiger partial charge in [0.25, 0.3) is 0 Å². The maximum Gasteiger partial charge on any atom is 0.240 e. The summed E-state index contributed by atoms with van der Waals surface area (Å²) in [6.45, 7) is 0. The number of carbonyl (C=O) groups is 2. The summed E-state index contributed by atoms with van der Waals surface area (Å²) in [6, 6.07) is 0. The van der Waals surface area contributed by atoms with Gasteiger partial charge in [0.2, 0.25) is 27.7 Å². The van der Waals surface area contributed by atoms with Crippen molar-refractivity contribution in [1.82, 2.24) is 60.6 Å². The number of H-pyrrole nitrogens is 1. The summed E-state index contributed by atoms with van der Waals surface area (Å²) in [6.07, 6.45) is 0. The van der Waals surface area contributed by atoms with Crippen LogP contribution in [0.1, 0.15) is 0 Å². The molecule has 0 bridgehead atoms. The Labute approximate surface area is 183 Å². The summed E-state index contributed by atoms with van der Waals surface area (Å²) in [5.41, 5.74) is 14.6. The number of anilines is 1. The van der Waals surface area contributed by atoms with Crippen LogP contribution in [-0.2, 0) is 30.7 Å². The van der Waals surface area contributed by atoms with Crippen LogP contribution < -0.4 is 17.2 Å². The molecule has 0 unspecified atom stereocenters. The van der Waals surface area contributed by atoms with E-state index in [0.29, 0.717) is 15.9 Å². The Bertz CT molecular complexity index is 933. The van der Waals surface area contributed by atoms with Crippen molar-refractivity contribution in [3.8, 4) is 0 Å². The smallest absolute Gasteiger partial charge is 0.240 e. The number of rotatable bonds is 4. The molecule has 0 saturated carbocycles. The summed E-state index contributed by atoms with van der Waals surface area (Å²) in [4.78, 5) is 19.8. The third-order valence-corrected chi connectivity index (χ3v) is 3.98. The Kier molecular flexibility index (Phi) is 13.2. The van der Waals surface area contributed by atoms with Gasteiger partial charge in [0.15, 0.2) is 0 Å². The number of alkyl halides is 1. The summed E-state index contributed by atoms with van der Waals surface area (Å²) in [5.74, 6) is -0.404. The average Bonchev–Trinajstić information content (AvgIpc) is 3.39. The van der Waals surface area contributed by atoms with Crippen LogP contribution in [0.25, 0.3) is 0 Å². The number of thioether (sulfide) groups is 1. The molecule has 3 rings (SSSR count). The van der Waals surface area contributed by atoms with Gasteiger partial charge in [-0.05, 0) is 33.1 Å². The van der Waals surface area contributed by atoms with E-state index < -0.39 is 5.91 Å². The summed E-state index contributed by atoms with van der Waals surface area (Å²) >= 11 is 10.7. The zero-order valence-corrected chi connectivity index (χ0v) is 18.5. The molecule has 20 heteroatoms. The monoisotopic (exact) mass is 481 g/mol. The van der Waals surface area contributed by atoms with Gasteiger partial charge >= 0.3 is 0 Å². The molecule has 3 aromatic rings. The van der Waals surface area contributed by atoms with Crippen LogP contribution in [0.5, 0.6) is 0 Å². The first-order chi connectivity index (χ1) is 14.1. The number of nitrogen functional groups attached to an aromatic ring is 1. The molecule has 166 valence electrons. The summed E-state index contributed by atoms with van der Waals surface area (Å²) < 4.78 is 4.89. The fraction of sp³-hybridized carbons (Fsp3) is 0.500. The zero-order chi connectivity index (χ0) is 23.1. The van der Waals surface area contributed by atoms with Crippen LogP contribution in [-0.4, -0.2) is 84.1 Å². The number of carbonyl (C=O) groups excluding carboxylic acids is 2. The molecule has 30 heavy (non-hydrogen) atoms. The quantitative estimate of drug-likeness (QED) is 0.167. The number of nitrogens with zero attached hydrogens (tertiary/aromatic N) is 11. The van der Waals surface area contributed by atoms with Gasteiger partial charge in [-0.25, -0.2) is 14.0 Å². The number of hydrogen-bond acceptors (Lipinski definition) is 13. The van der Waals surface area contributed by atoms with Crippen molar-refractivity contribution in [2.75, 3.05) is 17.4 Å². The van der Waals surface area contributed by atoms with Gasteiger partial charge < -0.3 is 17.2 Å². The molecule has 0 atom stereocenters. The van der Waals surface area contributed by atoms with Gasteiger partial charge in [0.05, 0.1) is 5.75 Å². The lowest BCUT2D eigenvalue weighted by molar-refractivity contribution is -0.116. The molecule has 3 aromatic heterocycles. The first-order valence-corrected chi connectivity index (χ1v) is 9.40. The van der Waals surface area contributed by atoms with Crippen molar-refractivity contribution < 1.29 is 9.59 Å². The molecule has 0 aliphatic carbocycles. The van der Waals surface area contributed by atoms with Crippen molar-refractivity contribution in [2.45, 2.75) is 5.16 Å². The number of primary amides is 2. The molecule has 0 aliphatic rings. The Hall–Kier alpha value is -3.19. The first kappa shape index (κ1) is 26.8. The topological polar surface area (TPSA) is 246 Å². The van der Waals surface area contributed by atoms with E-state index in [9.17, 15) is 9.59 Å². The molecule has 0 fully saturated rings. The summed E-state index contributed by atoms with van der Waals surface area (Å²) in [5, 5.41) is 30.7. The maximum atomic E-state index is 10.3. The molecule has 3 heterocycles. The Morgan fingerprint density at radius 1 is 1.07 bits per heavy atom. The van der Waals surface area contributed by atoms with Crippen LogP contribution in [0.4, 0.5) is 5.95 Å². The fourth-order valence-electron chi connectivity index (χ4n) is 0.958. The van der Waals surface area contributed by atoms with Crippen LogP contribution in [0.15, 0.2) is 5.16 Å². The molecular formula is C10H20ClN15O2S2. The van der Waals surface area contributed by atoms with Gasteiger partial charge in [-0.2, -0.15) is 5.21 Å². The number of aryl methyl sites for hydroxylation is 3. The van der Waals surface area contributed by atoms with E-state index in [0.717, 1.165) is 0 Å². The summed E-state index contributed by atoms with van der Waals surface area (Å²) in [7, 11) is 5.13. The lowest BCUT2D eigenvalue weighted by atomic mass is 10.8. The second kappa shape index (κ2) is 14.8. The van der Waals surface area contributed by atoms with Crippen LogP contribution in [0, 0.1) is 4.77 Å². The molecule has 0 saturated heterocycles. The minimum absolute atomic E-state index is 0.0833.